The van der Waals surface area contributed by atoms with Gasteiger partial charge in [-0.1, -0.05) is 18.2 Å². The topological polar surface area (TPSA) is 107 Å². The molecule has 2 aromatic carbocycles. The van der Waals surface area contributed by atoms with Crippen molar-refractivity contribution in [2.24, 2.45) is 0 Å². The normalized spacial score (nSPS) is 11.9. The molecular weight excluding hydrogens is 320 g/mol. The zero-order chi connectivity index (χ0) is 17.8. The zero-order valence-corrected chi connectivity index (χ0v) is 13.6. The van der Waals surface area contributed by atoms with Gasteiger partial charge in [0.1, 0.15) is 0 Å². The second-order valence-electron chi connectivity index (χ2n) is 5.83. The van der Waals surface area contributed by atoms with Crippen LogP contribution in [0.1, 0.15) is 23.7 Å². The first-order valence-electron chi connectivity index (χ1n) is 7.89. The van der Waals surface area contributed by atoms with Gasteiger partial charge in [0.05, 0.1) is 11.0 Å². The fraction of sp³-hybridized carbons (Fsp3) is 0.167. The lowest BCUT2D eigenvalue weighted by molar-refractivity contribution is -0.116. The zero-order valence-electron chi connectivity index (χ0n) is 13.6. The van der Waals surface area contributed by atoms with E-state index in [1.807, 2.05) is 6.07 Å². The number of benzene rings is 2. The minimum absolute atomic E-state index is 0.139. The number of hydrogen-bond donors (Lipinski definition) is 4. The highest BCUT2D eigenvalue weighted by molar-refractivity contribution is 5.96. The number of nitrogens with one attached hydrogen (secondary N) is 4. The highest BCUT2D eigenvalue weighted by Gasteiger charge is 2.13. The molecule has 0 aliphatic carbocycles. The summed E-state index contributed by atoms with van der Waals surface area (Å²) in [6.45, 7) is 1.77. The number of H-pyrrole nitrogens is 2. The summed E-state index contributed by atoms with van der Waals surface area (Å²) in [7, 11) is 0. The number of carbonyl (C=O) groups excluding carboxylic acids is 2. The second kappa shape index (κ2) is 7.04. The molecular formula is C18H18N4O3. The SMILES string of the molecule is CC(CC(=O)Nc1ccc2[nH]c(=O)[nH]c2c1)NC(=O)c1ccccc1. The van der Waals surface area contributed by atoms with Gasteiger partial charge in [0.25, 0.3) is 5.91 Å². The Bertz CT molecular complexity index is 959. The molecule has 0 saturated heterocycles. The Labute approximate surface area is 143 Å². The van der Waals surface area contributed by atoms with Crippen molar-refractivity contribution in [1.29, 1.82) is 0 Å². The van der Waals surface area contributed by atoms with Gasteiger partial charge in [-0.15, -0.1) is 0 Å². The molecule has 7 nitrogen and oxygen atoms in total. The van der Waals surface area contributed by atoms with Crippen molar-refractivity contribution in [2.45, 2.75) is 19.4 Å². The fourth-order valence-corrected chi connectivity index (χ4v) is 2.55. The Kier molecular flexibility index (Phi) is 4.65. The third-order valence-electron chi connectivity index (χ3n) is 3.70. The van der Waals surface area contributed by atoms with E-state index < -0.39 is 0 Å². The fourth-order valence-electron chi connectivity index (χ4n) is 2.55. The first kappa shape index (κ1) is 16.5. The van der Waals surface area contributed by atoms with Crippen LogP contribution >= 0.6 is 0 Å². The molecule has 3 aromatic rings. The maximum Gasteiger partial charge on any atom is 0.323 e. The maximum atomic E-state index is 12.1. The molecule has 1 atom stereocenters. The lowest BCUT2D eigenvalue weighted by Gasteiger charge is -2.14. The summed E-state index contributed by atoms with van der Waals surface area (Å²) >= 11 is 0. The highest BCUT2D eigenvalue weighted by atomic mass is 16.2. The van der Waals surface area contributed by atoms with Crippen LogP contribution in [-0.4, -0.2) is 27.8 Å². The summed E-state index contributed by atoms with van der Waals surface area (Å²) < 4.78 is 0. The van der Waals surface area contributed by atoms with Gasteiger partial charge < -0.3 is 20.6 Å². The number of carbonyl (C=O) groups is 2. The van der Waals surface area contributed by atoms with Crippen LogP contribution in [0.15, 0.2) is 53.3 Å². The number of fused-ring (bicyclic) bond motifs is 1. The van der Waals surface area contributed by atoms with Gasteiger partial charge in [0.2, 0.25) is 5.91 Å². The molecule has 25 heavy (non-hydrogen) atoms. The lowest BCUT2D eigenvalue weighted by atomic mass is 10.1. The van der Waals surface area contributed by atoms with Gasteiger partial charge in [-0.25, -0.2) is 4.79 Å². The molecule has 3 rings (SSSR count). The third-order valence-corrected chi connectivity index (χ3v) is 3.70. The number of rotatable bonds is 5. The average Bonchev–Trinajstić information content (AvgIpc) is 2.94. The molecule has 0 spiro atoms. The van der Waals surface area contributed by atoms with E-state index in [1.165, 1.54) is 0 Å². The van der Waals surface area contributed by atoms with Crippen LogP contribution in [-0.2, 0) is 4.79 Å². The molecule has 4 N–H and O–H groups in total. The Hall–Kier alpha value is -3.35. The van der Waals surface area contributed by atoms with E-state index in [0.29, 0.717) is 22.3 Å². The minimum Gasteiger partial charge on any atom is -0.349 e. The van der Waals surface area contributed by atoms with E-state index in [0.717, 1.165) is 0 Å². The Balaban J connectivity index is 1.57. The van der Waals surface area contributed by atoms with Gasteiger partial charge in [0, 0.05) is 23.7 Å². The lowest BCUT2D eigenvalue weighted by Crippen LogP contribution is -2.35. The van der Waals surface area contributed by atoms with E-state index in [1.54, 1.807) is 49.4 Å². The molecule has 1 unspecified atom stereocenters. The first-order chi connectivity index (χ1) is 12.0. The molecule has 7 heteroatoms. The summed E-state index contributed by atoms with van der Waals surface area (Å²) in [5.74, 6) is -0.440. The molecule has 0 aliphatic rings. The second-order valence-corrected chi connectivity index (χ2v) is 5.83. The van der Waals surface area contributed by atoms with Crippen molar-refractivity contribution in [2.75, 3.05) is 5.32 Å². The Morgan fingerprint density at radius 2 is 1.76 bits per heavy atom. The van der Waals surface area contributed by atoms with Crippen molar-refractivity contribution in [3.05, 3.63) is 64.6 Å². The van der Waals surface area contributed by atoms with E-state index in [2.05, 4.69) is 20.6 Å². The summed E-state index contributed by atoms with van der Waals surface area (Å²) in [5, 5.41) is 5.55. The maximum absolute atomic E-state index is 12.1. The molecule has 0 fully saturated rings. The number of anilines is 1. The molecule has 1 heterocycles. The van der Waals surface area contributed by atoms with Crippen LogP contribution in [0.2, 0.25) is 0 Å². The monoisotopic (exact) mass is 338 g/mol. The van der Waals surface area contributed by atoms with Gasteiger partial charge in [-0.05, 0) is 37.3 Å². The smallest absolute Gasteiger partial charge is 0.323 e. The van der Waals surface area contributed by atoms with E-state index in [9.17, 15) is 14.4 Å². The predicted octanol–water partition coefficient (Wildman–Crippen LogP) is 2.00. The van der Waals surface area contributed by atoms with Crippen LogP contribution in [0.4, 0.5) is 5.69 Å². The first-order valence-corrected chi connectivity index (χ1v) is 7.89. The largest absolute Gasteiger partial charge is 0.349 e. The summed E-state index contributed by atoms with van der Waals surface area (Å²) in [6.07, 6.45) is 0.139. The molecule has 1 aromatic heterocycles. The van der Waals surface area contributed by atoms with Crippen molar-refractivity contribution in [3.8, 4) is 0 Å². The average molecular weight is 338 g/mol. The van der Waals surface area contributed by atoms with Gasteiger partial charge in [-0.3, -0.25) is 9.59 Å². The number of imidazole rings is 1. The Morgan fingerprint density at radius 1 is 1.04 bits per heavy atom. The highest BCUT2D eigenvalue weighted by Crippen LogP contribution is 2.15. The minimum atomic E-state index is -0.316. The number of hydrogen-bond acceptors (Lipinski definition) is 3. The Morgan fingerprint density at radius 3 is 2.52 bits per heavy atom. The number of amides is 2. The van der Waals surface area contributed by atoms with Crippen molar-refractivity contribution < 1.29 is 9.59 Å². The van der Waals surface area contributed by atoms with Crippen LogP contribution in [0.3, 0.4) is 0 Å². The van der Waals surface area contributed by atoms with Crippen LogP contribution < -0.4 is 16.3 Å². The van der Waals surface area contributed by atoms with Crippen molar-refractivity contribution >= 4 is 28.5 Å². The van der Waals surface area contributed by atoms with Gasteiger partial charge in [0.15, 0.2) is 0 Å². The molecule has 0 aliphatic heterocycles. The van der Waals surface area contributed by atoms with Crippen LogP contribution in [0.25, 0.3) is 11.0 Å². The summed E-state index contributed by atoms with van der Waals surface area (Å²) in [6, 6.07) is 13.6. The van der Waals surface area contributed by atoms with Gasteiger partial charge >= 0.3 is 5.69 Å². The summed E-state index contributed by atoms with van der Waals surface area (Å²) in [4.78, 5) is 40.7. The van der Waals surface area contributed by atoms with Crippen molar-refractivity contribution in [3.63, 3.8) is 0 Å². The molecule has 128 valence electrons. The summed E-state index contributed by atoms with van der Waals surface area (Å²) in [5.41, 5.74) is 2.13. The van der Waals surface area contributed by atoms with E-state index >= 15 is 0 Å². The molecule has 0 bridgehead atoms. The third kappa shape index (κ3) is 4.14. The number of aromatic amines is 2. The van der Waals surface area contributed by atoms with Crippen molar-refractivity contribution in [1.82, 2.24) is 15.3 Å². The van der Waals surface area contributed by atoms with Gasteiger partial charge in [-0.2, -0.15) is 0 Å². The predicted molar refractivity (Wildman–Crippen MR) is 95.5 cm³/mol. The quantitative estimate of drug-likeness (QED) is 0.571. The van der Waals surface area contributed by atoms with E-state index in [4.69, 9.17) is 0 Å². The van der Waals surface area contributed by atoms with Crippen LogP contribution in [0.5, 0.6) is 0 Å². The van der Waals surface area contributed by atoms with E-state index in [-0.39, 0.29) is 30.0 Å². The number of aromatic nitrogens is 2. The van der Waals surface area contributed by atoms with Crippen LogP contribution in [0, 0.1) is 0 Å². The standard InChI is InChI=1S/C18H18N4O3/c1-11(19-17(24)12-5-3-2-4-6-12)9-16(23)20-13-7-8-14-15(10-13)22-18(25)21-14/h2-8,10-11H,9H2,1H3,(H,19,24)(H,20,23)(H2,21,22,25). The molecule has 0 radical (unpaired) electrons. The molecule has 2 amide bonds. The molecule has 0 saturated carbocycles.